The van der Waals surface area contributed by atoms with Crippen LogP contribution in [0, 0.1) is 5.92 Å². The standard InChI is InChI=1S/C10H12N2O4S/c13-8(14)6-1-3-12(4-2-6)10-11-7(5-17-10)9(15)16/h5-6H,1-4H2,(H,13,14)(H,15,16). The molecule has 1 aromatic heterocycles. The lowest BCUT2D eigenvalue weighted by Crippen LogP contribution is -2.36. The van der Waals surface area contributed by atoms with Crippen LogP contribution < -0.4 is 4.90 Å². The number of carbonyl (C=O) groups is 2. The molecular formula is C10H12N2O4S. The SMILES string of the molecule is O=C(O)c1csc(N2CCC(C(=O)O)CC2)n1. The van der Waals surface area contributed by atoms with Crippen molar-refractivity contribution in [1.82, 2.24) is 4.98 Å². The number of aromatic nitrogens is 1. The van der Waals surface area contributed by atoms with Crippen molar-refractivity contribution in [3.63, 3.8) is 0 Å². The molecular weight excluding hydrogens is 244 g/mol. The third kappa shape index (κ3) is 2.55. The summed E-state index contributed by atoms with van der Waals surface area (Å²) in [6, 6.07) is 0. The van der Waals surface area contributed by atoms with E-state index in [1.165, 1.54) is 16.7 Å². The molecule has 2 heterocycles. The van der Waals surface area contributed by atoms with Crippen LogP contribution in [0.4, 0.5) is 5.13 Å². The van der Waals surface area contributed by atoms with Crippen LogP contribution in [0.15, 0.2) is 5.38 Å². The number of thiazole rings is 1. The van der Waals surface area contributed by atoms with Crippen molar-refractivity contribution in [3.05, 3.63) is 11.1 Å². The van der Waals surface area contributed by atoms with E-state index in [9.17, 15) is 9.59 Å². The normalized spacial score (nSPS) is 17.1. The topological polar surface area (TPSA) is 90.7 Å². The van der Waals surface area contributed by atoms with Gasteiger partial charge in [-0.1, -0.05) is 0 Å². The average Bonchev–Trinajstić information content (AvgIpc) is 2.78. The Kier molecular flexibility index (Phi) is 3.28. The van der Waals surface area contributed by atoms with E-state index in [0.717, 1.165) is 0 Å². The van der Waals surface area contributed by atoms with Crippen LogP contribution >= 0.6 is 11.3 Å². The molecule has 0 saturated carbocycles. The first-order valence-electron chi connectivity index (χ1n) is 5.24. The van der Waals surface area contributed by atoms with Gasteiger partial charge in [-0.25, -0.2) is 9.78 Å². The van der Waals surface area contributed by atoms with Gasteiger partial charge in [-0.15, -0.1) is 11.3 Å². The van der Waals surface area contributed by atoms with Crippen molar-refractivity contribution in [2.45, 2.75) is 12.8 Å². The summed E-state index contributed by atoms with van der Waals surface area (Å²) in [5, 5.41) is 19.8. The number of nitrogens with zero attached hydrogens (tertiary/aromatic N) is 2. The number of aromatic carboxylic acids is 1. The van der Waals surface area contributed by atoms with Gasteiger partial charge in [0.2, 0.25) is 0 Å². The van der Waals surface area contributed by atoms with Crippen LogP contribution in [0.25, 0.3) is 0 Å². The van der Waals surface area contributed by atoms with Gasteiger partial charge in [0.1, 0.15) is 0 Å². The van der Waals surface area contributed by atoms with E-state index < -0.39 is 11.9 Å². The van der Waals surface area contributed by atoms with Gasteiger partial charge < -0.3 is 15.1 Å². The zero-order valence-electron chi connectivity index (χ0n) is 9.00. The minimum atomic E-state index is -1.03. The second-order valence-electron chi connectivity index (χ2n) is 3.92. The molecule has 0 spiro atoms. The maximum absolute atomic E-state index is 10.8. The fraction of sp³-hybridized carbons (Fsp3) is 0.500. The van der Waals surface area contributed by atoms with E-state index in [1.807, 2.05) is 4.90 Å². The van der Waals surface area contributed by atoms with Crippen LogP contribution in [0.3, 0.4) is 0 Å². The highest BCUT2D eigenvalue weighted by Crippen LogP contribution is 2.26. The number of rotatable bonds is 3. The number of carboxylic acid groups (broad SMARTS) is 2. The van der Waals surface area contributed by atoms with E-state index in [4.69, 9.17) is 10.2 Å². The van der Waals surface area contributed by atoms with Gasteiger partial charge in [0.05, 0.1) is 5.92 Å². The lowest BCUT2D eigenvalue weighted by molar-refractivity contribution is -0.142. The van der Waals surface area contributed by atoms with Crippen LogP contribution in [0.2, 0.25) is 0 Å². The third-order valence-electron chi connectivity index (χ3n) is 2.83. The van der Waals surface area contributed by atoms with Crippen molar-refractivity contribution in [2.75, 3.05) is 18.0 Å². The largest absolute Gasteiger partial charge is 0.481 e. The van der Waals surface area contributed by atoms with Crippen molar-refractivity contribution < 1.29 is 19.8 Å². The summed E-state index contributed by atoms with van der Waals surface area (Å²) in [5.41, 5.74) is 0.0466. The minimum Gasteiger partial charge on any atom is -0.481 e. The molecule has 0 atom stereocenters. The molecule has 6 nitrogen and oxygen atoms in total. The molecule has 1 aliphatic heterocycles. The molecule has 1 aliphatic rings. The van der Waals surface area contributed by atoms with Crippen molar-refractivity contribution >= 4 is 28.4 Å². The number of hydrogen-bond acceptors (Lipinski definition) is 5. The molecule has 0 aliphatic carbocycles. The van der Waals surface area contributed by atoms with E-state index >= 15 is 0 Å². The molecule has 17 heavy (non-hydrogen) atoms. The van der Waals surface area contributed by atoms with Gasteiger partial charge in [0.25, 0.3) is 0 Å². The van der Waals surface area contributed by atoms with Gasteiger partial charge in [-0.2, -0.15) is 0 Å². The fourth-order valence-corrected chi connectivity index (χ4v) is 2.68. The highest BCUT2D eigenvalue weighted by atomic mass is 32.1. The predicted octanol–water partition coefficient (Wildman–Crippen LogP) is 1.14. The second-order valence-corrected chi connectivity index (χ2v) is 4.76. The van der Waals surface area contributed by atoms with E-state index in [-0.39, 0.29) is 11.6 Å². The zero-order chi connectivity index (χ0) is 12.4. The van der Waals surface area contributed by atoms with Crippen molar-refractivity contribution in [3.8, 4) is 0 Å². The number of aliphatic carboxylic acids is 1. The Hall–Kier alpha value is -1.63. The molecule has 1 saturated heterocycles. The molecule has 0 unspecified atom stereocenters. The summed E-state index contributed by atoms with van der Waals surface area (Å²) in [7, 11) is 0. The predicted molar refractivity (Wildman–Crippen MR) is 61.6 cm³/mol. The summed E-state index contributed by atoms with van der Waals surface area (Å²) in [6.45, 7) is 1.23. The Labute approximate surface area is 102 Å². The van der Waals surface area contributed by atoms with Gasteiger partial charge >= 0.3 is 11.9 Å². The molecule has 1 aromatic rings. The average molecular weight is 256 g/mol. The van der Waals surface area contributed by atoms with E-state index in [2.05, 4.69) is 4.98 Å². The maximum Gasteiger partial charge on any atom is 0.355 e. The number of anilines is 1. The summed E-state index contributed by atoms with van der Waals surface area (Å²) in [5.74, 6) is -2.08. The summed E-state index contributed by atoms with van der Waals surface area (Å²) < 4.78 is 0. The Bertz CT molecular complexity index is 437. The third-order valence-corrected chi connectivity index (χ3v) is 3.73. The molecule has 7 heteroatoms. The zero-order valence-corrected chi connectivity index (χ0v) is 9.81. The van der Waals surface area contributed by atoms with Crippen LogP contribution in [-0.2, 0) is 4.79 Å². The Morgan fingerprint density at radius 3 is 2.47 bits per heavy atom. The van der Waals surface area contributed by atoms with Gasteiger partial charge in [0, 0.05) is 18.5 Å². The van der Waals surface area contributed by atoms with E-state index in [1.54, 1.807) is 0 Å². The first kappa shape index (κ1) is 11.8. The molecule has 0 amide bonds. The molecule has 0 radical (unpaired) electrons. The van der Waals surface area contributed by atoms with Crippen molar-refractivity contribution in [1.29, 1.82) is 0 Å². The van der Waals surface area contributed by atoms with Crippen LogP contribution in [0.1, 0.15) is 23.3 Å². The second kappa shape index (κ2) is 4.70. The molecule has 0 bridgehead atoms. The number of carboxylic acids is 2. The molecule has 0 aromatic carbocycles. The molecule has 2 N–H and O–H groups in total. The first-order chi connectivity index (χ1) is 8.08. The monoisotopic (exact) mass is 256 g/mol. The summed E-state index contributed by atoms with van der Waals surface area (Å²) in [6.07, 6.45) is 1.16. The fourth-order valence-electron chi connectivity index (χ4n) is 1.83. The van der Waals surface area contributed by atoms with Gasteiger partial charge in [0.15, 0.2) is 10.8 Å². The lowest BCUT2D eigenvalue weighted by atomic mass is 9.98. The quantitative estimate of drug-likeness (QED) is 0.842. The minimum absolute atomic E-state index is 0.0466. The Morgan fingerprint density at radius 2 is 2.00 bits per heavy atom. The van der Waals surface area contributed by atoms with Crippen LogP contribution in [-0.4, -0.2) is 40.2 Å². The highest BCUT2D eigenvalue weighted by molar-refractivity contribution is 7.13. The molecule has 1 fully saturated rings. The summed E-state index contributed by atoms with van der Waals surface area (Å²) >= 11 is 1.28. The lowest BCUT2D eigenvalue weighted by Gasteiger charge is -2.29. The Morgan fingerprint density at radius 1 is 1.35 bits per heavy atom. The molecule has 2 rings (SSSR count). The first-order valence-corrected chi connectivity index (χ1v) is 6.12. The highest BCUT2D eigenvalue weighted by Gasteiger charge is 2.26. The number of hydrogen-bond donors (Lipinski definition) is 2. The smallest absolute Gasteiger partial charge is 0.355 e. The van der Waals surface area contributed by atoms with Crippen LogP contribution in [0.5, 0.6) is 0 Å². The maximum atomic E-state index is 10.8. The van der Waals surface area contributed by atoms with Gasteiger partial charge in [-0.05, 0) is 12.8 Å². The van der Waals surface area contributed by atoms with Gasteiger partial charge in [-0.3, -0.25) is 4.79 Å². The van der Waals surface area contributed by atoms with Crippen molar-refractivity contribution in [2.24, 2.45) is 5.92 Å². The number of piperidine rings is 1. The Balaban J connectivity index is 2.00. The summed E-state index contributed by atoms with van der Waals surface area (Å²) in [4.78, 5) is 27.4. The van der Waals surface area contributed by atoms with E-state index in [0.29, 0.717) is 31.1 Å². The molecule has 92 valence electrons.